The predicted molar refractivity (Wildman–Crippen MR) is 130 cm³/mol. The Morgan fingerprint density at radius 3 is 2.73 bits per heavy atom. The van der Waals surface area contributed by atoms with Crippen LogP contribution in [0, 0.1) is 0 Å². The van der Waals surface area contributed by atoms with Crippen LogP contribution < -0.4 is 0 Å². The third kappa shape index (κ3) is 6.76. The van der Waals surface area contributed by atoms with E-state index < -0.39 is 16.4 Å². The first-order valence-corrected chi connectivity index (χ1v) is 12.0. The summed E-state index contributed by atoms with van der Waals surface area (Å²) in [6.07, 6.45) is 3.69. The Kier molecular flexibility index (Phi) is 9.23. The number of hydrogen-bond donors (Lipinski definition) is 1. The average molecular weight is 535 g/mol. The fourth-order valence-electron chi connectivity index (χ4n) is 3.17. The van der Waals surface area contributed by atoms with E-state index in [1.165, 1.54) is 12.3 Å². The zero-order valence-electron chi connectivity index (χ0n) is 18.2. The second-order valence-electron chi connectivity index (χ2n) is 7.57. The molecule has 0 saturated heterocycles. The van der Waals surface area contributed by atoms with Crippen molar-refractivity contribution in [2.24, 2.45) is 0 Å². The van der Waals surface area contributed by atoms with E-state index in [4.69, 9.17) is 20.8 Å². The van der Waals surface area contributed by atoms with Crippen LogP contribution in [0.4, 0.5) is 0 Å². The molecule has 0 saturated carbocycles. The van der Waals surface area contributed by atoms with Crippen LogP contribution in [0.3, 0.4) is 0 Å². The summed E-state index contributed by atoms with van der Waals surface area (Å²) in [5.74, 6) is -0.880. The van der Waals surface area contributed by atoms with E-state index in [0.717, 1.165) is 18.4 Å². The fraction of sp³-hybridized carbons (Fsp3) is 0.320. The Morgan fingerprint density at radius 1 is 1.24 bits per heavy atom. The number of aromatic nitrogens is 1. The molecule has 1 N–H and O–H groups in total. The summed E-state index contributed by atoms with van der Waals surface area (Å²) in [6, 6.07) is 12.0. The van der Waals surface area contributed by atoms with Gasteiger partial charge in [-0.1, -0.05) is 71.2 Å². The lowest BCUT2D eigenvalue weighted by atomic mass is 10.00. The van der Waals surface area contributed by atoms with E-state index in [-0.39, 0.29) is 24.5 Å². The largest absolute Gasteiger partial charge is 0.507 e. The highest BCUT2D eigenvalue weighted by Crippen LogP contribution is 2.34. The number of ether oxygens (including phenoxy) is 1. The van der Waals surface area contributed by atoms with Crippen LogP contribution in [0.5, 0.6) is 5.75 Å². The minimum absolute atomic E-state index is 0.0233. The van der Waals surface area contributed by atoms with E-state index in [0.29, 0.717) is 35.1 Å². The van der Waals surface area contributed by atoms with E-state index in [1.54, 1.807) is 18.2 Å². The normalized spacial score (nSPS) is 12.0. The van der Waals surface area contributed by atoms with E-state index in [1.807, 2.05) is 18.2 Å². The molecule has 1 aromatic heterocycles. The molecule has 0 amide bonds. The number of benzene rings is 2. The number of oxazole rings is 1. The van der Waals surface area contributed by atoms with Crippen molar-refractivity contribution >= 4 is 39.1 Å². The molecule has 3 rings (SSSR count). The molecule has 33 heavy (non-hydrogen) atoms. The van der Waals surface area contributed by atoms with E-state index in [2.05, 4.69) is 27.8 Å². The number of carbonyl (C=O) groups is 2. The zero-order valence-corrected chi connectivity index (χ0v) is 20.6. The van der Waals surface area contributed by atoms with Crippen LogP contribution in [0.2, 0.25) is 5.02 Å². The number of carbonyl (C=O) groups excluding carboxylic acids is 2. The number of halogens is 2. The first-order valence-electron chi connectivity index (χ1n) is 10.7. The summed E-state index contributed by atoms with van der Waals surface area (Å²) in [5.41, 5.74) is 2.24. The van der Waals surface area contributed by atoms with Gasteiger partial charge in [-0.2, -0.15) is 0 Å². The third-order valence-corrected chi connectivity index (χ3v) is 6.35. The number of aryl methyl sites for hydroxylation is 1. The van der Waals surface area contributed by atoms with Gasteiger partial charge in [-0.3, -0.25) is 9.59 Å². The molecule has 3 aromatic rings. The van der Waals surface area contributed by atoms with Gasteiger partial charge in [0.15, 0.2) is 5.78 Å². The summed E-state index contributed by atoms with van der Waals surface area (Å²) in [7, 11) is 0. The lowest BCUT2D eigenvalue weighted by Crippen LogP contribution is -2.19. The standard InChI is InChI=1S/C25H25BrClNO5/c1-2-3-11-32-14-18-15-33-25(28-18)19-13-20(27)17(12-22(19)30)9-10-21(29)24(31)23(26)16-7-5-4-6-8-16/h4-8,12-13,15,23,30H,2-3,9-11,14H2,1H3. The molecule has 1 atom stereocenters. The number of phenols is 1. The lowest BCUT2D eigenvalue weighted by molar-refractivity contribution is -0.136. The van der Waals surface area contributed by atoms with Crippen LogP contribution in [-0.4, -0.2) is 28.3 Å². The van der Waals surface area contributed by atoms with Crippen molar-refractivity contribution in [3.63, 3.8) is 0 Å². The molecule has 174 valence electrons. The molecule has 0 aliphatic rings. The molecule has 0 spiro atoms. The van der Waals surface area contributed by atoms with Crippen LogP contribution in [0.1, 0.15) is 47.8 Å². The Bertz CT molecular complexity index is 1100. The zero-order chi connectivity index (χ0) is 23.8. The molecule has 1 unspecified atom stereocenters. The van der Waals surface area contributed by atoms with Gasteiger partial charge in [0.1, 0.15) is 22.5 Å². The summed E-state index contributed by atoms with van der Waals surface area (Å²) in [6.45, 7) is 3.06. The Hall–Kier alpha value is -2.48. The van der Waals surface area contributed by atoms with Gasteiger partial charge in [0, 0.05) is 18.1 Å². The molecule has 0 aliphatic heterocycles. The highest BCUT2D eigenvalue weighted by Gasteiger charge is 2.24. The van der Waals surface area contributed by atoms with Crippen molar-refractivity contribution in [2.45, 2.75) is 44.0 Å². The number of aromatic hydroxyl groups is 1. The van der Waals surface area contributed by atoms with E-state index >= 15 is 0 Å². The molecule has 1 heterocycles. The highest BCUT2D eigenvalue weighted by molar-refractivity contribution is 9.09. The molecule has 0 aliphatic carbocycles. The topological polar surface area (TPSA) is 89.6 Å². The number of ketones is 2. The Labute approximate surface area is 206 Å². The van der Waals surface area contributed by atoms with Crippen molar-refractivity contribution in [3.05, 3.63) is 70.6 Å². The third-order valence-electron chi connectivity index (χ3n) is 5.06. The first-order chi connectivity index (χ1) is 15.9. The SMILES string of the molecule is CCCCOCc1coc(-c2cc(Cl)c(CCC(=O)C(=O)C(Br)c3ccccc3)cc2O)n1. The van der Waals surface area contributed by atoms with Crippen molar-refractivity contribution < 1.29 is 23.8 Å². The molecule has 0 radical (unpaired) electrons. The van der Waals surface area contributed by atoms with Gasteiger partial charge in [-0.15, -0.1) is 0 Å². The summed E-state index contributed by atoms with van der Waals surface area (Å²) in [5, 5.41) is 10.8. The molecule has 2 aromatic carbocycles. The highest BCUT2D eigenvalue weighted by atomic mass is 79.9. The van der Waals surface area contributed by atoms with Crippen molar-refractivity contribution in [1.29, 1.82) is 0 Å². The van der Waals surface area contributed by atoms with Crippen LogP contribution in [0.25, 0.3) is 11.5 Å². The number of Topliss-reactive ketones (excluding diaryl/α,β-unsaturated/α-hetero) is 2. The Morgan fingerprint density at radius 2 is 2.00 bits per heavy atom. The number of nitrogens with zero attached hydrogens (tertiary/aromatic N) is 1. The summed E-state index contributed by atoms with van der Waals surface area (Å²) in [4.78, 5) is 28.5. The van der Waals surface area contributed by atoms with Gasteiger partial charge in [-0.25, -0.2) is 4.98 Å². The minimum Gasteiger partial charge on any atom is -0.507 e. The van der Waals surface area contributed by atoms with Gasteiger partial charge in [0.05, 0.1) is 12.2 Å². The molecular weight excluding hydrogens is 510 g/mol. The van der Waals surface area contributed by atoms with Gasteiger partial charge in [0.25, 0.3) is 0 Å². The van der Waals surface area contributed by atoms with Crippen molar-refractivity contribution in [2.75, 3.05) is 6.61 Å². The monoisotopic (exact) mass is 533 g/mol. The predicted octanol–water partition coefficient (Wildman–Crippen LogP) is 6.22. The molecule has 8 heteroatoms. The molecule has 0 fully saturated rings. The lowest BCUT2D eigenvalue weighted by Gasteiger charge is -2.10. The maximum atomic E-state index is 12.5. The second-order valence-corrected chi connectivity index (χ2v) is 8.89. The summed E-state index contributed by atoms with van der Waals surface area (Å²) >= 11 is 9.69. The maximum absolute atomic E-state index is 12.5. The molecule has 6 nitrogen and oxygen atoms in total. The van der Waals surface area contributed by atoms with Gasteiger partial charge in [0.2, 0.25) is 11.7 Å². The average Bonchev–Trinajstić information content (AvgIpc) is 3.30. The van der Waals surface area contributed by atoms with Crippen LogP contribution >= 0.6 is 27.5 Å². The smallest absolute Gasteiger partial charge is 0.230 e. The number of rotatable bonds is 12. The maximum Gasteiger partial charge on any atom is 0.230 e. The number of hydrogen-bond acceptors (Lipinski definition) is 6. The minimum atomic E-state index is -0.692. The number of phenolic OH excluding ortho intramolecular Hbond substituents is 1. The van der Waals surface area contributed by atoms with Crippen molar-refractivity contribution in [1.82, 2.24) is 4.98 Å². The summed E-state index contributed by atoms with van der Waals surface area (Å²) < 4.78 is 11.0. The first kappa shape index (κ1) is 25.1. The van der Waals surface area contributed by atoms with Gasteiger partial charge in [-0.05, 0) is 36.1 Å². The van der Waals surface area contributed by atoms with Gasteiger partial charge >= 0.3 is 0 Å². The Balaban J connectivity index is 1.63. The quantitative estimate of drug-likeness (QED) is 0.168. The fourth-order valence-corrected chi connectivity index (χ4v) is 3.99. The van der Waals surface area contributed by atoms with Gasteiger partial charge < -0.3 is 14.3 Å². The number of alkyl halides is 1. The molecular formula is C25H25BrClNO5. The van der Waals surface area contributed by atoms with Crippen LogP contribution in [-0.2, 0) is 27.4 Å². The molecule has 0 bridgehead atoms. The van der Waals surface area contributed by atoms with E-state index in [9.17, 15) is 14.7 Å². The number of unbranched alkanes of at least 4 members (excludes halogenated alkanes) is 1. The second kappa shape index (κ2) is 12.1. The van der Waals surface area contributed by atoms with Crippen molar-refractivity contribution in [3.8, 4) is 17.2 Å². The van der Waals surface area contributed by atoms with Crippen LogP contribution in [0.15, 0.2) is 53.1 Å².